The molecule has 1 aromatic heterocycles. The summed E-state index contributed by atoms with van der Waals surface area (Å²) in [4.78, 5) is 25.8. The Morgan fingerprint density at radius 2 is 1.29 bits per heavy atom. The van der Waals surface area contributed by atoms with Crippen LogP contribution in [0.15, 0.2) is 94.1 Å². The van der Waals surface area contributed by atoms with Gasteiger partial charge in [-0.15, -0.1) is 0 Å². The molecule has 0 radical (unpaired) electrons. The third kappa shape index (κ3) is 7.00. The van der Waals surface area contributed by atoms with Crippen molar-refractivity contribution in [3.63, 3.8) is 0 Å². The molecule has 0 aliphatic heterocycles. The second-order valence-corrected chi connectivity index (χ2v) is 16.9. The van der Waals surface area contributed by atoms with Crippen LogP contribution in [0.3, 0.4) is 0 Å². The van der Waals surface area contributed by atoms with Crippen molar-refractivity contribution in [1.29, 1.82) is 0 Å². The highest BCUT2D eigenvalue weighted by molar-refractivity contribution is 6.99. The van der Waals surface area contributed by atoms with Crippen LogP contribution in [0.5, 0.6) is 17.2 Å². The van der Waals surface area contributed by atoms with E-state index in [4.69, 9.17) is 27.8 Å². The first-order valence-electron chi connectivity index (χ1n) is 14.7. The number of carbonyl (C=O) groups excluding carboxylic acids is 1. The lowest BCUT2D eigenvalue weighted by molar-refractivity contribution is 0.0557. The van der Waals surface area contributed by atoms with Gasteiger partial charge in [0.2, 0.25) is 11.5 Å². The third-order valence-corrected chi connectivity index (χ3v) is 12.7. The Balaban J connectivity index is 1.73. The van der Waals surface area contributed by atoms with Crippen molar-refractivity contribution in [3.8, 4) is 28.4 Å². The predicted octanol–water partition coefficient (Wildman–Crippen LogP) is 6.09. The Morgan fingerprint density at radius 3 is 1.76 bits per heavy atom. The first kappa shape index (κ1) is 33.5. The van der Waals surface area contributed by atoms with Gasteiger partial charge in [-0.05, 0) is 27.5 Å². The van der Waals surface area contributed by atoms with E-state index in [0.29, 0.717) is 23.7 Å². The highest BCUT2D eigenvalue weighted by Gasteiger charge is 2.50. The van der Waals surface area contributed by atoms with E-state index in [9.17, 15) is 9.59 Å². The van der Waals surface area contributed by atoms with Gasteiger partial charge in [-0.1, -0.05) is 101 Å². The van der Waals surface area contributed by atoms with E-state index in [1.165, 1.54) is 37.8 Å². The molecule has 0 amide bonds. The van der Waals surface area contributed by atoms with Crippen molar-refractivity contribution in [3.05, 3.63) is 101 Å². The van der Waals surface area contributed by atoms with Crippen molar-refractivity contribution in [2.24, 2.45) is 5.41 Å². The average molecular weight is 631 g/mol. The molecule has 0 N–H and O–H groups in total. The van der Waals surface area contributed by atoms with E-state index in [1.54, 1.807) is 18.2 Å². The fourth-order valence-electron chi connectivity index (χ4n) is 5.50. The van der Waals surface area contributed by atoms with Gasteiger partial charge < -0.3 is 27.8 Å². The van der Waals surface area contributed by atoms with Crippen LogP contribution in [0.1, 0.15) is 45.2 Å². The van der Waals surface area contributed by atoms with E-state index in [1.807, 2.05) is 50.2 Å². The summed E-state index contributed by atoms with van der Waals surface area (Å²) in [5.74, 6) is -0.298. The fraction of sp³-hybridized carbons (Fsp3) is 0.333. The standard InChI is InChI=1S/C36H42O8Si/c1-35(2,3)45(25-16-11-9-12-17-25,26-18-13-10-14-19-26)43-24-36(4,5)23-42-32-27(22-30(33(37)41-8)44-34(32)38)31-28(39-6)20-15-21-29(31)40-7/h9-22H,23-24H2,1-8H3. The molecule has 0 fully saturated rings. The summed E-state index contributed by atoms with van der Waals surface area (Å²) in [6.45, 7) is 11.2. The van der Waals surface area contributed by atoms with Crippen molar-refractivity contribution in [2.75, 3.05) is 34.5 Å². The van der Waals surface area contributed by atoms with E-state index >= 15 is 0 Å². The van der Waals surface area contributed by atoms with Crippen LogP contribution < -0.4 is 30.2 Å². The summed E-state index contributed by atoms with van der Waals surface area (Å²) in [5.41, 5.74) is -0.658. The number of hydrogen-bond donors (Lipinski definition) is 0. The summed E-state index contributed by atoms with van der Waals surface area (Å²) in [5, 5.41) is 2.14. The molecule has 0 aliphatic rings. The third-order valence-electron chi connectivity index (χ3n) is 7.70. The molecule has 0 bridgehead atoms. The molecule has 8 nitrogen and oxygen atoms in total. The fourth-order valence-corrected chi connectivity index (χ4v) is 10.3. The van der Waals surface area contributed by atoms with Gasteiger partial charge in [0.05, 0.1) is 33.5 Å². The molecular weight excluding hydrogens is 588 g/mol. The van der Waals surface area contributed by atoms with Crippen LogP contribution in [-0.4, -0.2) is 48.8 Å². The topological polar surface area (TPSA) is 93.4 Å². The van der Waals surface area contributed by atoms with Crippen molar-refractivity contribution in [1.82, 2.24) is 0 Å². The Morgan fingerprint density at radius 1 is 0.756 bits per heavy atom. The monoisotopic (exact) mass is 630 g/mol. The zero-order chi connectivity index (χ0) is 32.8. The number of ether oxygens (including phenoxy) is 4. The number of carbonyl (C=O) groups is 1. The predicted molar refractivity (Wildman–Crippen MR) is 178 cm³/mol. The van der Waals surface area contributed by atoms with Crippen LogP contribution in [0, 0.1) is 5.41 Å². The van der Waals surface area contributed by atoms with E-state index in [-0.39, 0.29) is 28.7 Å². The number of hydrogen-bond acceptors (Lipinski definition) is 8. The summed E-state index contributed by atoms with van der Waals surface area (Å²) >= 11 is 0. The first-order valence-corrected chi connectivity index (χ1v) is 16.6. The SMILES string of the molecule is COC(=O)c1cc(-c2c(OC)cccc2OC)c(OCC(C)(C)CO[Si](c2ccccc2)(c2ccccc2)C(C)(C)C)c(=O)o1. The second kappa shape index (κ2) is 13.7. The lowest BCUT2D eigenvalue weighted by atomic mass is 9.96. The lowest BCUT2D eigenvalue weighted by Crippen LogP contribution is -2.67. The molecular formula is C36H42O8Si. The van der Waals surface area contributed by atoms with Crippen LogP contribution >= 0.6 is 0 Å². The Kier molecular flexibility index (Phi) is 10.2. The number of esters is 1. The van der Waals surface area contributed by atoms with Gasteiger partial charge in [0.1, 0.15) is 11.5 Å². The van der Waals surface area contributed by atoms with Gasteiger partial charge in [-0.2, -0.15) is 0 Å². The Labute approximate surface area is 266 Å². The van der Waals surface area contributed by atoms with Crippen molar-refractivity contribution in [2.45, 2.75) is 39.7 Å². The minimum absolute atomic E-state index is 0.0797. The molecule has 0 spiro atoms. The maximum absolute atomic E-state index is 13.4. The zero-order valence-corrected chi connectivity index (χ0v) is 28.3. The lowest BCUT2D eigenvalue weighted by Gasteiger charge is -2.44. The molecule has 45 heavy (non-hydrogen) atoms. The first-order chi connectivity index (χ1) is 21.4. The smallest absolute Gasteiger partial charge is 0.379 e. The summed E-state index contributed by atoms with van der Waals surface area (Å²) in [6.07, 6.45) is 0. The molecule has 4 aromatic rings. The molecule has 238 valence electrons. The van der Waals surface area contributed by atoms with E-state index in [2.05, 4.69) is 45.0 Å². The molecule has 4 rings (SSSR count). The quantitative estimate of drug-likeness (QED) is 0.137. The molecule has 0 saturated carbocycles. The largest absolute Gasteiger partial charge is 0.496 e. The molecule has 0 atom stereocenters. The Hall–Kier alpha value is -4.34. The Bertz CT molecular complexity index is 1590. The maximum atomic E-state index is 13.4. The van der Waals surface area contributed by atoms with Crippen LogP contribution in [0.2, 0.25) is 5.04 Å². The van der Waals surface area contributed by atoms with Crippen LogP contribution in [-0.2, 0) is 9.16 Å². The normalized spacial score (nSPS) is 12.0. The van der Waals surface area contributed by atoms with Gasteiger partial charge in [-0.3, -0.25) is 0 Å². The van der Waals surface area contributed by atoms with Gasteiger partial charge in [0, 0.05) is 23.7 Å². The molecule has 0 saturated heterocycles. The molecule has 3 aromatic carbocycles. The summed E-state index contributed by atoms with van der Waals surface area (Å²) < 4.78 is 34.8. The zero-order valence-electron chi connectivity index (χ0n) is 27.3. The number of benzene rings is 3. The molecule has 1 heterocycles. The number of rotatable bonds is 12. The van der Waals surface area contributed by atoms with Gasteiger partial charge in [0.25, 0.3) is 8.32 Å². The molecule has 0 unspecified atom stereocenters. The second-order valence-electron chi connectivity index (χ2n) is 12.6. The maximum Gasteiger partial charge on any atom is 0.379 e. The molecule has 0 aliphatic carbocycles. The highest BCUT2D eigenvalue weighted by atomic mass is 28.4. The summed E-state index contributed by atoms with van der Waals surface area (Å²) in [7, 11) is 1.42. The van der Waals surface area contributed by atoms with E-state index < -0.39 is 25.3 Å². The van der Waals surface area contributed by atoms with Gasteiger partial charge >= 0.3 is 11.6 Å². The number of methoxy groups -OCH3 is 3. The average Bonchev–Trinajstić information content (AvgIpc) is 3.03. The van der Waals surface area contributed by atoms with Crippen LogP contribution in [0.4, 0.5) is 0 Å². The summed E-state index contributed by atoms with van der Waals surface area (Å²) in [6, 6.07) is 27.5. The minimum Gasteiger partial charge on any atom is -0.496 e. The van der Waals surface area contributed by atoms with Crippen LogP contribution in [0.25, 0.3) is 11.1 Å². The van der Waals surface area contributed by atoms with E-state index in [0.717, 1.165) is 0 Å². The van der Waals surface area contributed by atoms with Gasteiger partial charge in [0.15, 0.2) is 0 Å². The van der Waals surface area contributed by atoms with Crippen molar-refractivity contribution >= 4 is 24.7 Å². The molecule has 9 heteroatoms. The minimum atomic E-state index is -2.81. The van der Waals surface area contributed by atoms with Crippen molar-refractivity contribution < 1.29 is 32.6 Å². The highest BCUT2D eigenvalue weighted by Crippen LogP contribution is 2.43. The van der Waals surface area contributed by atoms with Gasteiger partial charge in [-0.25, -0.2) is 9.59 Å².